The summed E-state index contributed by atoms with van der Waals surface area (Å²) in [5, 5.41) is 0.648. The van der Waals surface area contributed by atoms with Gasteiger partial charge in [0.25, 0.3) is 5.91 Å². The third-order valence-corrected chi connectivity index (χ3v) is 3.59. The van der Waals surface area contributed by atoms with E-state index in [0.29, 0.717) is 16.7 Å². The van der Waals surface area contributed by atoms with Gasteiger partial charge in [-0.1, -0.05) is 11.6 Å². The van der Waals surface area contributed by atoms with Crippen LogP contribution in [0, 0.1) is 5.92 Å². The molecule has 1 heterocycles. The maximum absolute atomic E-state index is 12.0. The molecule has 1 aliphatic rings. The number of carbonyl (C=O) groups excluding carboxylic acids is 1. The quantitative estimate of drug-likeness (QED) is 0.849. The molecule has 1 aromatic rings. The van der Waals surface area contributed by atoms with Crippen molar-refractivity contribution >= 4 is 29.3 Å². The minimum absolute atomic E-state index is 0.00650. The van der Waals surface area contributed by atoms with Crippen molar-refractivity contribution in [1.29, 1.82) is 0 Å². The fraction of sp³-hybridized carbons (Fsp3) is 0.462. The van der Waals surface area contributed by atoms with E-state index >= 15 is 0 Å². The molecule has 0 spiro atoms. The van der Waals surface area contributed by atoms with Crippen molar-refractivity contribution in [3.63, 3.8) is 0 Å². The van der Waals surface area contributed by atoms with Crippen molar-refractivity contribution in [3.8, 4) is 5.75 Å². The molecule has 0 radical (unpaired) electrons. The molecular formula is C13H16Cl2N2O2. The molecule has 1 fully saturated rings. The van der Waals surface area contributed by atoms with Crippen LogP contribution in [0.15, 0.2) is 24.3 Å². The number of hydrogen-bond acceptors (Lipinski definition) is 3. The molecule has 1 unspecified atom stereocenters. The van der Waals surface area contributed by atoms with Crippen molar-refractivity contribution in [2.24, 2.45) is 5.92 Å². The van der Waals surface area contributed by atoms with Gasteiger partial charge >= 0.3 is 0 Å². The standard InChI is InChI=1S/C13H16Cl2N2O2/c14-11-1-3-12(4-2-11)19-9-13(18)17-6-5-10(8-17)7-16-15/h1-4,10,16H,5-9H2. The summed E-state index contributed by atoms with van der Waals surface area (Å²) in [5.74, 6) is 1.08. The van der Waals surface area contributed by atoms with Gasteiger partial charge in [-0.15, -0.1) is 0 Å². The third-order valence-electron chi connectivity index (χ3n) is 3.18. The van der Waals surface area contributed by atoms with E-state index in [-0.39, 0.29) is 12.5 Å². The van der Waals surface area contributed by atoms with Gasteiger partial charge in [-0.25, -0.2) is 4.84 Å². The first-order valence-corrected chi connectivity index (χ1v) is 6.94. The van der Waals surface area contributed by atoms with Crippen LogP contribution in [-0.2, 0) is 4.79 Å². The lowest BCUT2D eigenvalue weighted by Gasteiger charge is -2.16. The molecule has 1 atom stereocenters. The molecule has 0 aliphatic carbocycles. The van der Waals surface area contributed by atoms with Crippen LogP contribution in [0.25, 0.3) is 0 Å². The van der Waals surface area contributed by atoms with Gasteiger partial charge in [-0.3, -0.25) is 4.79 Å². The van der Waals surface area contributed by atoms with E-state index in [1.54, 1.807) is 24.3 Å². The summed E-state index contributed by atoms with van der Waals surface area (Å²) in [5.41, 5.74) is 0. The predicted molar refractivity (Wildman–Crippen MR) is 75.5 cm³/mol. The number of nitrogens with one attached hydrogen (secondary N) is 1. The summed E-state index contributed by atoms with van der Waals surface area (Å²) < 4.78 is 5.44. The van der Waals surface area contributed by atoms with E-state index in [1.807, 2.05) is 4.90 Å². The fourth-order valence-electron chi connectivity index (χ4n) is 2.10. The van der Waals surface area contributed by atoms with Gasteiger partial charge in [0.05, 0.1) is 0 Å². The zero-order valence-electron chi connectivity index (χ0n) is 10.4. The van der Waals surface area contributed by atoms with Crippen molar-refractivity contribution in [1.82, 2.24) is 9.74 Å². The van der Waals surface area contributed by atoms with Crippen molar-refractivity contribution < 1.29 is 9.53 Å². The van der Waals surface area contributed by atoms with Gasteiger partial charge in [-0.2, -0.15) is 0 Å². The average Bonchev–Trinajstić information content (AvgIpc) is 2.87. The number of benzene rings is 1. The van der Waals surface area contributed by atoms with Gasteiger partial charge in [0.1, 0.15) is 5.75 Å². The summed E-state index contributed by atoms with van der Waals surface area (Å²) in [6, 6.07) is 6.97. The zero-order chi connectivity index (χ0) is 13.7. The highest BCUT2D eigenvalue weighted by molar-refractivity contribution is 6.30. The van der Waals surface area contributed by atoms with Crippen LogP contribution in [0.2, 0.25) is 5.02 Å². The minimum atomic E-state index is 0.00650. The molecule has 2 rings (SSSR count). The molecule has 1 amide bonds. The van der Waals surface area contributed by atoms with Crippen LogP contribution in [-0.4, -0.2) is 37.0 Å². The lowest BCUT2D eigenvalue weighted by molar-refractivity contribution is -0.132. The van der Waals surface area contributed by atoms with Crippen LogP contribution >= 0.6 is 23.4 Å². The van der Waals surface area contributed by atoms with Crippen LogP contribution in [0.5, 0.6) is 5.75 Å². The smallest absolute Gasteiger partial charge is 0.260 e. The van der Waals surface area contributed by atoms with Crippen LogP contribution < -0.4 is 9.57 Å². The molecule has 104 valence electrons. The summed E-state index contributed by atoms with van der Waals surface area (Å²) in [6.07, 6.45) is 0.979. The molecule has 0 aromatic heterocycles. The maximum atomic E-state index is 12.0. The molecule has 1 saturated heterocycles. The number of likely N-dealkylation sites (tertiary alicyclic amines) is 1. The summed E-state index contributed by atoms with van der Waals surface area (Å²) >= 11 is 11.3. The van der Waals surface area contributed by atoms with E-state index in [2.05, 4.69) is 4.84 Å². The first-order valence-electron chi connectivity index (χ1n) is 6.18. The van der Waals surface area contributed by atoms with Gasteiger partial charge in [-0.05, 0) is 48.4 Å². The normalized spacial score (nSPS) is 18.6. The summed E-state index contributed by atoms with van der Waals surface area (Å²) in [4.78, 5) is 16.4. The molecule has 1 aromatic carbocycles. The highest BCUT2D eigenvalue weighted by Gasteiger charge is 2.25. The first kappa shape index (κ1) is 14.4. The summed E-state index contributed by atoms with van der Waals surface area (Å²) in [7, 11) is 0. The van der Waals surface area contributed by atoms with Crippen molar-refractivity contribution in [2.75, 3.05) is 26.2 Å². The van der Waals surface area contributed by atoms with Crippen LogP contribution in [0.1, 0.15) is 6.42 Å². The largest absolute Gasteiger partial charge is 0.484 e. The number of hydrogen-bond donors (Lipinski definition) is 1. The number of halogens is 2. The van der Waals surface area contributed by atoms with E-state index in [0.717, 1.165) is 26.1 Å². The Bertz CT molecular complexity index is 425. The second-order valence-corrected chi connectivity index (χ2v) is 5.28. The predicted octanol–water partition coefficient (Wildman–Crippen LogP) is 2.31. The number of nitrogens with zero attached hydrogens (tertiary/aromatic N) is 1. The molecule has 0 bridgehead atoms. The Balaban J connectivity index is 1.77. The molecule has 6 heteroatoms. The summed E-state index contributed by atoms with van der Waals surface area (Å²) in [6.45, 7) is 2.29. The minimum Gasteiger partial charge on any atom is -0.484 e. The Morgan fingerprint density at radius 2 is 2.16 bits per heavy atom. The highest BCUT2D eigenvalue weighted by Crippen LogP contribution is 2.18. The fourth-order valence-corrected chi connectivity index (χ4v) is 2.45. The molecule has 1 N–H and O–H groups in total. The number of amides is 1. The average molecular weight is 303 g/mol. The molecule has 1 aliphatic heterocycles. The Labute approximate surface area is 122 Å². The third kappa shape index (κ3) is 4.27. The van der Waals surface area contributed by atoms with E-state index in [9.17, 15) is 4.79 Å². The van der Waals surface area contributed by atoms with Gasteiger partial charge < -0.3 is 9.64 Å². The second kappa shape index (κ2) is 6.98. The zero-order valence-corrected chi connectivity index (χ0v) is 12.0. The van der Waals surface area contributed by atoms with Crippen LogP contribution in [0.4, 0.5) is 0 Å². The Morgan fingerprint density at radius 1 is 1.42 bits per heavy atom. The van der Waals surface area contributed by atoms with E-state index in [4.69, 9.17) is 28.1 Å². The van der Waals surface area contributed by atoms with Crippen molar-refractivity contribution in [3.05, 3.63) is 29.3 Å². The highest BCUT2D eigenvalue weighted by atomic mass is 35.5. The van der Waals surface area contributed by atoms with Crippen molar-refractivity contribution in [2.45, 2.75) is 6.42 Å². The van der Waals surface area contributed by atoms with Gasteiger partial charge in [0.2, 0.25) is 0 Å². The van der Waals surface area contributed by atoms with E-state index < -0.39 is 0 Å². The maximum Gasteiger partial charge on any atom is 0.260 e. The Morgan fingerprint density at radius 3 is 2.84 bits per heavy atom. The van der Waals surface area contributed by atoms with Gasteiger partial charge in [0, 0.05) is 24.7 Å². The lowest BCUT2D eigenvalue weighted by Crippen LogP contribution is -2.33. The van der Waals surface area contributed by atoms with E-state index in [1.165, 1.54) is 0 Å². The molecule has 19 heavy (non-hydrogen) atoms. The lowest BCUT2D eigenvalue weighted by atomic mass is 10.1. The topological polar surface area (TPSA) is 41.6 Å². The van der Waals surface area contributed by atoms with Gasteiger partial charge in [0.15, 0.2) is 6.61 Å². The molecule has 4 nitrogen and oxygen atoms in total. The number of carbonyl (C=O) groups is 1. The monoisotopic (exact) mass is 302 g/mol. The number of ether oxygens (including phenoxy) is 1. The Kier molecular flexibility index (Phi) is 5.31. The second-order valence-electron chi connectivity index (χ2n) is 4.57. The molecule has 0 saturated carbocycles. The van der Waals surface area contributed by atoms with Crippen LogP contribution in [0.3, 0.4) is 0 Å². The molecular weight excluding hydrogens is 287 g/mol. The Hall–Kier alpha value is -0.970. The SMILES string of the molecule is O=C(COc1ccc(Cl)cc1)N1CCC(CNCl)C1. The first-order chi connectivity index (χ1) is 9.19. The number of rotatable bonds is 5.